The lowest BCUT2D eigenvalue weighted by atomic mass is 10.0. The molecule has 0 saturated carbocycles. The number of esters is 1. The molecule has 1 aromatic carbocycles. The van der Waals surface area contributed by atoms with Crippen molar-refractivity contribution in [3.05, 3.63) is 35.0 Å². The molecule has 0 N–H and O–H groups in total. The number of fused-ring (bicyclic) bond motifs is 1. The molecule has 27 heavy (non-hydrogen) atoms. The second kappa shape index (κ2) is 8.62. The van der Waals surface area contributed by atoms with Crippen LogP contribution in [-0.2, 0) is 25.8 Å². The van der Waals surface area contributed by atoms with Crippen LogP contribution in [0.1, 0.15) is 18.1 Å². The Morgan fingerprint density at radius 2 is 1.96 bits per heavy atom. The van der Waals surface area contributed by atoms with E-state index in [2.05, 4.69) is 29.5 Å². The van der Waals surface area contributed by atoms with Gasteiger partial charge in [0.05, 0.1) is 12.6 Å². The van der Waals surface area contributed by atoms with Gasteiger partial charge in [-0.2, -0.15) is 5.10 Å². The monoisotopic (exact) mass is 388 g/mol. The maximum atomic E-state index is 11.8. The minimum absolute atomic E-state index is 0.0262. The average Bonchev–Trinajstić information content (AvgIpc) is 2.98. The quantitative estimate of drug-likeness (QED) is 0.172. The van der Waals surface area contributed by atoms with E-state index in [1.54, 1.807) is 10.8 Å². The third-order valence-corrected chi connectivity index (χ3v) is 5.89. The molecule has 0 aliphatic carbocycles. The Kier molecular flexibility index (Phi) is 6.72. The molecule has 0 aliphatic heterocycles. The number of hydrogen-bond acceptors (Lipinski definition) is 5. The van der Waals surface area contributed by atoms with Gasteiger partial charge in [-0.1, -0.05) is 19.6 Å². The molecule has 0 aliphatic rings. The number of hydrogen-bond donors (Lipinski definition) is 0. The van der Waals surface area contributed by atoms with Crippen molar-refractivity contribution in [3.63, 3.8) is 0 Å². The van der Waals surface area contributed by atoms with E-state index in [4.69, 9.17) is 4.74 Å². The van der Waals surface area contributed by atoms with Crippen molar-refractivity contribution in [3.8, 4) is 0 Å². The first-order valence-corrected chi connectivity index (χ1v) is 12.7. The van der Waals surface area contributed by atoms with Crippen LogP contribution in [-0.4, -0.2) is 43.3 Å². The molecule has 2 aromatic rings. The van der Waals surface area contributed by atoms with Crippen LogP contribution in [0.25, 0.3) is 17.0 Å². The number of rotatable bonds is 8. The molecule has 1 heterocycles. The predicted molar refractivity (Wildman–Crippen MR) is 109 cm³/mol. The summed E-state index contributed by atoms with van der Waals surface area (Å²) in [6, 6.07) is 4.92. The number of methoxy groups -OCH3 is 1. The van der Waals surface area contributed by atoms with Gasteiger partial charge in [0.1, 0.15) is 12.3 Å². The van der Waals surface area contributed by atoms with Crippen LogP contribution >= 0.6 is 0 Å². The molecule has 0 bridgehead atoms. The van der Waals surface area contributed by atoms with Crippen LogP contribution in [0.4, 0.5) is 0 Å². The van der Waals surface area contributed by atoms with Gasteiger partial charge in [-0.15, -0.1) is 0 Å². The third kappa shape index (κ3) is 5.87. The van der Waals surface area contributed by atoms with Crippen LogP contribution in [0, 0.1) is 6.92 Å². The fourth-order valence-corrected chi connectivity index (χ4v) is 3.41. The number of carbonyl (C=O) groups is 2. The minimum Gasteiger partial charge on any atom is -0.465 e. The molecule has 0 unspecified atom stereocenters. The highest BCUT2D eigenvalue weighted by Crippen LogP contribution is 2.22. The molecule has 2 rings (SSSR count). The Bertz CT molecular complexity index is 878. The lowest BCUT2D eigenvalue weighted by molar-refractivity contribution is -0.137. The second-order valence-corrected chi connectivity index (χ2v) is 13.5. The largest absolute Gasteiger partial charge is 0.465 e. The summed E-state index contributed by atoms with van der Waals surface area (Å²) in [6.45, 7) is 11.4. The first-order chi connectivity index (χ1) is 12.6. The topological polar surface area (TPSA) is 70.4 Å². The van der Waals surface area contributed by atoms with E-state index in [0.717, 1.165) is 34.7 Å². The molecule has 6 nitrogen and oxygen atoms in total. The summed E-state index contributed by atoms with van der Waals surface area (Å²) in [5, 5.41) is 5.51. The van der Waals surface area contributed by atoms with Crippen molar-refractivity contribution in [1.82, 2.24) is 9.78 Å². The van der Waals surface area contributed by atoms with Crippen molar-refractivity contribution >= 4 is 36.8 Å². The Balaban J connectivity index is 2.23. The number of benzene rings is 1. The molecule has 0 atom stereocenters. The zero-order valence-corrected chi connectivity index (χ0v) is 18.0. The molecule has 7 heteroatoms. The molecule has 0 saturated heterocycles. The van der Waals surface area contributed by atoms with E-state index in [9.17, 15) is 9.59 Å². The number of Topliss-reactive ketones (excluding diaryl/α,β-unsaturated/α-hetero) is 1. The van der Waals surface area contributed by atoms with Gasteiger partial charge < -0.3 is 9.47 Å². The van der Waals surface area contributed by atoms with E-state index >= 15 is 0 Å². The fraction of sp³-hybridized carbons (Fsp3) is 0.450. The van der Waals surface area contributed by atoms with Crippen LogP contribution in [0.2, 0.25) is 25.7 Å². The molecule has 0 radical (unpaired) electrons. The van der Waals surface area contributed by atoms with Crippen molar-refractivity contribution in [2.75, 3.05) is 13.7 Å². The van der Waals surface area contributed by atoms with E-state index in [0.29, 0.717) is 6.73 Å². The summed E-state index contributed by atoms with van der Waals surface area (Å²) in [6.07, 6.45) is 3.47. The molecule has 0 fully saturated rings. The Morgan fingerprint density at radius 1 is 1.26 bits per heavy atom. The number of nitrogens with zero attached hydrogens (tertiary/aromatic N) is 2. The summed E-state index contributed by atoms with van der Waals surface area (Å²) in [7, 11) is 0.156. The molecule has 1 aromatic heterocycles. The summed E-state index contributed by atoms with van der Waals surface area (Å²) in [4.78, 5) is 23.5. The first kappa shape index (κ1) is 21.1. The average molecular weight is 389 g/mol. The number of ether oxygens (including phenoxy) is 2. The molecular formula is C20H28N2O4Si. The van der Waals surface area contributed by atoms with Crippen LogP contribution in [0.3, 0.4) is 0 Å². The van der Waals surface area contributed by atoms with E-state index < -0.39 is 14.0 Å². The smallest absolute Gasteiger partial charge is 0.341 e. The molecular weight excluding hydrogens is 360 g/mol. The fourth-order valence-electron chi connectivity index (χ4n) is 2.66. The number of carbonyl (C=O) groups excluding carboxylic acids is 2. The van der Waals surface area contributed by atoms with Gasteiger partial charge in [-0.25, -0.2) is 9.48 Å². The number of ketones is 1. The third-order valence-electron chi connectivity index (χ3n) is 4.18. The van der Waals surface area contributed by atoms with E-state index in [1.807, 2.05) is 25.3 Å². The molecule has 146 valence electrons. The standard InChI is InChI=1S/C20H28N2O4Si/c1-14-9-16(11-18(15(2)23)20(24)25-3)10-17-12-22(21-19(14)17)13-26-7-8-27(4,5)6/h9-12H,7-8,13H2,1-6H3. The summed E-state index contributed by atoms with van der Waals surface area (Å²) >= 11 is 0. The van der Waals surface area contributed by atoms with Gasteiger partial charge in [0.15, 0.2) is 5.78 Å². The van der Waals surface area contributed by atoms with Crippen molar-refractivity contribution < 1.29 is 19.1 Å². The predicted octanol–water partition coefficient (Wildman–Crippen LogP) is 3.80. The van der Waals surface area contributed by atoms with Gasteiger partial charge in [0.25, 0.3) is 0 Å². The van der Waals surface area contributed by atoms with Gasteiger partial charge in [0, 0.05) is 26.3 Å². The van der Waals surface area contributed by atoms with Crippen LogP contribution in [0.15, 0.2) is 23.9 Å². The van der Waals surface area contributed by atoms with Crippen LogP contribution in [0.5, 0.6) is 0 Å². The van der Waals surface area contributed by atoms with Crippen molar-refractivity contribution in [2.24, 2.45) is 0 Å². The Morgan fingerprint density at radius 3 is 2.56 bits per heavy atom. The number of aryl methyl sites for hydroxylation is 1. The highest BCUT2D eigenvalue weighted by atomic mass is 28.3. The van der Waals surface area contributed by atoms with E-state index in [1.165, 1.54) is 14.0 Å². The zero-order valence-electron chi connectivity index (χ0n) is 17.0. The minimum atomic E-state index is -1.11. The van der Waals surface area contributed by atoms with Gasteiger partial charge in [0.2, 0.25) is 0 Å². The second-order valence-electron chi connectivity index (χ2n) is 7.90. The Labute approximate surface area is 161 Å². The highest BCUT2D eigenvalue weighted by molar-refractivity contribution is 6.76. The van der Waals surface area contributed by atoms with Crippen molar-refractivity contribution in [2.45, 2.75) is 46.3 Å². The summed E-state index contributed by atoms with van der Waals surface area (Å²) in [5.41, 5.74) is 2.63. The SMILES string of the molecule is COC(=O)C(=Cc1cc(C)c2nn(COCC[Si](C)(C)C)cc2c1)C(C)=O. The van der Waals surface area contributed by atoms with Crippen molar-refractivity contribution in [1.29, 1.82) is 0 Å². The summed E-state index contributed by atoms with van der Waals surface area (Å²) in [5.74, 6) is -0.960. The zero-order chi connectivity index (χ0) is 20.2. The lowest BCUT2D eigenvalue weighted by Gasteiger charge is -2.15. The first-order valence-electron chi connectivity index (χ1n) is 8.97. The normalized spacial score (nSPS) is 12.4. The molecule has 0 amide bonds. The van der Waals surface area contributed by atoms with Gasteiger partial charge in [-0.3, -0.25) is 4.79 Å². The lowest BCUT2D eigenvalue weighted by Crippen LogP contribution is -2.22. The maximum absolute atomic E-state index is 11.8. The molecule has 0 spiro atoms. The van der Waals surface area contributed by atoms with Gasteiger partial charge in [-0.05, 0) is 49.2 Å². The van der Waals surface area contributed by atoms with Gasteiger partial charge >= 0.3 is 5.97 Å². The highest BCUT2D eigenvalue weighted by Gasteiger charge is 2.16. The Hall–Kier alpha value is -2.25. The van der Waals surface area contributed by atoms with Crippen LogP contribution < -0.4 is 0 Å². The summed E-state index contributed by atoms with van der Waals surface area (Å²) < 4.78 is 12.2. The maximum Gasteiger partial charge on any atom is 0.341 e. The van der Waals surface area contributed by atoms with E-state index in [-0.39, 0.29) is 11.4 Å². The number of aromatic nitrogens is 2.